The van der Waals surface area contributed by atoms with Crippen molar-refractivity contribution in [1.82, 2.24) is 9.97 Å². The van der Waals surface area contributed by atoms with E-state index in [9.17, 15) is 13.6 Å². The van der Waals surface area contributed by atoms with Gasteiger partial charge in [0.2, 0.25) is 0 Å². The van der Waals surface area contributed by atoms with Gasteiger partial charge >= 0.3 is 5.97 Å². The Labute approximate surface area is 121 Å². The van der Waals surface area contributed by atoms with E-state index in [2.05, 4.69) is 25.9 Å². The van der Waals surface area contributed by atoms with Crippen LogP contribution in [0.5, 0.6) is 0 Å². The molecule has 1 heterocycles. The van der Waals surface area contributed by atoms with E-state index in [1.807, 2.05) is 0 Å². The third-order valence-electron chi connectivity index (χ3n) is 2.71. The van der Waals surface area contributed by atoms with Crippen LogP contribution in [0, 0.1) is 11.6 Å². The number of carboxylic acid groups (broad SMARTS) is 1. The van der Waals surface area contributed by atoms with Gasteiger partial charge in [-0.15, -0.1) is 0 Å². The van der Waals surface area contributed by atoms with E-state index in [4.69, 9.17) is 5.11 Å². The Morgan fingerprint density at radius 3 is 2.70 bits per heavy atom. The van der Waals surface area contributed by atoms with E-state index in [1.54, 1.807) is 6.92 Å². The number of aromatic nitrogens is 2. The van der Waals surface area contributed by atoms with Crippen molar-refractivity contribution in [3.63, 3.8) is 0 Å². The predicted molar refractivity (Wildman–Crippen MR) is 71.4 cm³/mol. The van der Waals surface area contributed by atoms with Crippen LogP contribution in [0.2, 0.25) is 0 Å². The molecule has 0 atom stereocenters. The lowest BCUT2D eigenvalue weighted by atomic mass is 10.1. The zero-order valence-electron chi connectivity index (χ0n) is 10.3. The summed E-state index contributed by atoms with van der Waals surface area (Å²) in [6, 6.07) is 2.30. The standard InChI is InChI=1S/C13H9BrF2N2O2/c1-2-9-7(13(19)20)5-17-12(18-9)6-3-4-8(15)11(16)10(6)14/h3-5H,2H2,1H3,(H,19,20). The number of aryl methyl sites for hydroxylation is 1. The van der Waals surface area contributed by atoms with Crippen molar-refractivity contribution in [3.05, 3.63) is 45.7 Å². The first-order chi connectivity index (χ1) is 9.45. The molecule has 20 heavy (non-hydrogen) atoms. The lowest BCUT2D eigenvalue weighted by Gasteiger charge is -2.08. The topological polar surface area (TPSA) is 63.1 Å². The van der Waals surface area contributed by atoms with Gasteiger partial charge in [0.15, 0.2) is 17.5 Å². The van der Waals surface area contributed by atoms with E-state index < -0.39 is 17.6 Å². The average Bonchev–Trinajstić information content (AvgIpc) is 2.44. The molecule has 0 aliphatic heterocycles. The molecule has 0 radical (unpaired) electrons. The molecule has 2 aromatic rings. The third-order valence-corrected chi connectivity index (χ3v) is 3.48. The smallest absolute Gasteiger partial charge is 0.339 e. The zero-order chi connectivity index (χ0) is 14.9. The highest BCUT2D eigenvalue weighted by atomic mass is 79.9. The SMILES string of the molecule is CCc1nc(-c2ccc(F)c(F)c2Br)ncc1C(=O)O. The van der Waals surface area contributed by atoms with Gasteiger partial charge in [0, 0.05) is 11.8 Å². The van der Waals surface area contributed by atoms with Gasteiger partial charge in [-0.3, -0.25) is 0 Å². The minimum Gasteiger partial charge on any atom is -0.478 e. The fraction of sp³-hybridized carbons (Fsp3) is 0.154. The van der Waals surface area contributed by atoms with E-state index in [1.165, 1.54) is 6.07 Å². The van der Waals surface area contributed by atoms with Crippen molar-refractivity contribution < 1.29 is 18.7 Å². The van der Waals surface area contributed by atoms with Crippen LogP contribution in [0.25, 0.3) is 11.4 Å². The summed E-state index contributed by atoms with van der Waals surface area (Å²) in [6.07, 6.45) is 1.55. The fourth-order valence-corrected chi connectivity index (χ4v) is 2.19. The number of aromatic carboxylic acids is 1. The van der Waals surface area contributed by atoms with Crippen LogP contribution < -0.4 is 0 Å². The summed E-state index contributed by atoms with van der Waals surface area (Å²) in [5, 5.41) is 8.99. The molecule has 0 saturated carbocycles. The summed E-state index contributed by atoms with van der Waals surface area (Å²) in [7, 11) is 0. The van der Waals surface area contributed by atoms with Gasteiger partial charge in [0.25, 0.3) is 0 Å². The second-order valence-electron chi connectivity index (χ2n) is 3.94. The molecule has 2 rings (SSSR count). The second-order valence-corrected chi connectivity index (χ2v) is 4.73. The van der Waals surface area contributed by atoms with Crippen LogP contribution >= 0.6 is 15.9 Å². The lowest BCUT2D eigenvalue weighted by Crippen LogP contribution is -2.07. The van der Waals surface area contributed by atoms with Crippen LogP contribution in [-0.4, -0.2) is 21.0 Å². The van der Waals surface area contributed by atoms with Gasteiger partial charge in [-0.05, 0) is 34.5 Å². The van der Waals surface area contributed by atoms with Crippen molar-refractivity contribution >= 4 is 21.9 Å². The van der Waals surface area contributed by atoms with E-state index in [0.717, 1.165) is 12.3 Å². The number of rotatable bonds is 3. The molecule has 0 bridgehead atoms. The molecule has 0 amide bonds. The molecule has 1 aromatic carbocycles. The van der Waals surface area contributed by atoms with Crippen molar-refractivity contribution in [1.29, 1.82) is 0 Å². The Morgan fingerprint density at radius 2 is 2.10 bits per heavy atom. The summed E-state index contributed by atoms with van der Waals surface area (Å²) in [5.74, 6) is -3.01. The Morgan fingerprint density at radius 1 is 1.40 bits per heavy atom. The van der Waals surface area contributed by atoms with Gasteiger partial charge < -0.3 is 5.11 Å². The Kier molecular flexibility index (Phi) is 4.08. The van der Waals surface area contributed by atoms with Gasteiger partial charge in [0.1, 0.15) is 0 Å². The quantitative estimate of drug-likeness (QED) is 0.868. The third kappa shape index (κ3) is 2.53. The molecule has 0 aliphatic rings. The molecule has 0 saturated heterocycles. The zero-order valence-corrected chi connectivity index (χ0v) is 11.9. The number of nitrogens with zero attached hydrogens (tertiary/aromatic N) is 2. The maximum absolute atomic E-state index is 13.5. The molecule has 7 heteroatoms. The molecule has 104 valence electrons. The minimum absolute atomic E-state index is 0.00467. The predicted octanol–water partition coefficient (Wildman–Crippen LogP) is 3.44. The van der Waals surface area contributed by atoms with Gasteiger partial charge in [-0.25, -0.2) is 23.5 Å². The van der Waals surface area contributed by atoms with E-state index >= 15 is 0 Å². The average molecular weight is 343 g/mol. The molecule has 1 aromatic heterocycles. The van der Waals surface area contributed by atoms with Crippen LogP contribution in [0.4, 0.5) is 8.78 Å². The summed E-state index contributed by atoms with van der Waals surface area (Å²) in [5.41, 5.74) is 0.588. The van der Waals surface area contributed by atoms with Gasteiger partial charge in [-0.2, -0.15) is 0 Å². The highest BCUT2D eigenvalue weighted by Gasteiger charge is 2.17. The number of hydrogen-bond donors (Lipinski definition) is 1. The largest absolute Gasteiger partial charge is 0.478 e. The molecular formula is C13H9BrF2N2O2. The Bertz CT molecular complexity index is 692. The number of carboxylic acids is 1. The van der Waals surface area contributed by atoms with Crippen molar-refractivity contribution in [3.8, 4) is 11.4 Å². The van der Waals surface area contributed by atoms with Crippen molar-refractivity contribution in [2.24, 2.45) is 0 Å². The minimum atomic E-state index is -1.13. The maximum Gasteiger partial charge on any atom is 0.339 e. The van der Waals surface area contributed by atoms with Gasteiger partial charge in [0.05, 0.1) is 15.7 Å². The van der Waals surface area contributed by atoms with E-state index in [0.29, 0.717) is 12.1 Å². The second kappa shape index (κ2) is 5.62. The Hall–Kier alpha value is -1.89. The molecule has 0 spiro atoms. The fourth-order valence-electron chi connectivity index (χ4n) is 1.69. The lowest BCUT2D eigenvalue weighted by molar-refractivity contribution is 0.0694. The normalized spacial score (nSPS) is 10.6. The Balaban J connectivity index is 2.60. The molecule has 0 unspecified atom stereocenters. The van der Waals surface area contributed by atoms with Gasteiger partial charge in [-0.1, -0.05) is 6.92 Å². The van der Waals surface area contributed by atoms with Crippen LogP contribution in [0.1, 0.15) is 23.0 Å². The number of hydrogen-bond acceptors (Lipinski definition) is 3. The molecule has 4 nitrogen and oxygen atoms in total. The summed E-state index contributed by atoms with van der Waals surface area (Å²) in [6.45, 7) is 1.75. The number of halogens is 3. The van der Waals surface area contributed by atoms with Crippen LogP contribution in [0.3, 0.4) is 0 Å². The van der Waals surface area contributed by atoms with E-state index in [-0.39, 0.29) is 21.4 Å². The monoisotopic (exact) mass is 342 g/mol. The molecular weight excluding hydrogens is 334 g/mol. The van der Waals surface area contributed by atoms with Crippen LogP contribution in [0.15, 0.2) is 22.8 Å². The van der Waals surface area contributed by atoms with Crippen molar-refractivity contribution in [2.45, 2.75) is 13.3 Å². The summed E-state index contributed by atoms with van der Waals surface area (Å²) in [4.78, 5) is 19.0. The molecule has 1 N–H and O–H groups in total. The highest BCUT2D eigenvalue weighted by molar-refractivity contribution is 9.10. The maximum atomic E-state index is 13.5. The number of benzene rings is 1. The van der Waals surface area contributed by atoms with Crippen LogP contribution in [-0.2, 0) is 6.42 Å². The summed E-state index contributed by atoms with van der Waals surface area (Å²) >= 11 is 2.95. The summed E-state index contributed by atoms with van der Waals surface area (Å²) < 4.78 is 26.5. The number of carbonyl (C=O) groups is 1. The molecule has 0 aliphatic carbocycles. The first kappa shape index (κ1) is 14.5. The highest BCUT2D eigenvalue weighted by Crippen LogP contribution is 2.30. The first-order valence-corrected chi connectivity index (χ1v) is 6.48. The first-order valence-electron chi connectivity index (χ1n) is 5.68. The molecule has 0 fully saturated rings. The van der Waals surface area contributed by atoms with Crippen molar-refractivity contribution in [2.75, 3.05) is 0 Å².